The lowest BCUT2D eigenvalue weighted by Crippen LogP contribution is -2.24. The molecule has 0 aliphatic rings. The second-order valence-corrected chi connectivity index (χ2v) is 5.82. The molecule has 0 spiro atoms. The van der Waals surface area contributed by atoms with E-state index in [1.807, 2.05) is 13.8 Å². The Labute approximate surface area is 147 Å². The molecule has 0 radical (unpaired) electrons. The fourth-order valence-electron chi connectivity index (χ4n) is 2.43. The number of halogens is 3. The molecule has 7 nitrogen and oxygen atoms in total. The summed E-state index contributed by atoms with van der Waals surface area (Å²) in [6.45, 7) is 4.79. The van der Waals surface area contributed by atoms with E-state index in [-0.39, 0.29) is 17.7 Å². The molecule has 0 saturated carbocycles. The van der Waals surface area contributed by atoms with Crippen molar-refractivity contribution in [2.24, 2.45) is 0 Å². The third-order valence-corrected chi connectivity index (χ3v) is 3.67. The number of aromatic nitrogens is 6. The first kappa shape index (κ1) is 17.9. The highest BCUT2D eigenvalue weighted by molar-refractivity contribution is 5.59. The quantitative estimate of drug-likeness (QED) is 0.727. The molecule has 3 heterocycles. The topological polar surface area (TPSA) is 73.5 Å². The van der Waals surface area contributed by atoms with E-state index in [4.69, 9.17) is 0 Å². The monoisotopic (exact) mass is 365 g/mol. The summed E-state index contributed by atoms with van der Waals surface area (Å²) in [7, 11) is 0. The SMILES string of the molecule is CCn1cc(-c2cc(C(F)(F)F)nc(NC(C)Cn3cccn3)n2)cn1. The van der Waals surface area contributed by atoms with Gasteiger partial charge in [-0.2, -0.15) is 23.4 Å². The van der Waals surface area contributed by atoms with Gasteiger partial charge in [0.25, 0.3) is 0 Å². The van der Waals surface area contributed by atoms with Crippen LogP contribution in [-0.4, -0.2) is 35.6 Å². The van der Waals surface area contributed by atoms with Gasteiger partial charge in [0, 0.05) is 36.7 Å². The minimum absolute atomic E-state index is 0.0845. The highest BCUT2D eigenvalue weighted by atomic mass is 19.4. The molecule has 1 N–H and O–H groups in total. The van der Waals surface area contributed by atoms with Gasteiger partial charge in [0.05, 0.1) is 18.4 Å². The van der Waals surface area contributed by atoms with Gasteiger partial charge in [-0.25, -0.2) is 9.97 Å². The van der Waals surface area contributed by atoms with Gasteiger partial charge >= 0.3 is 6.18 Å². The standard InChI is InChI=1S/C16H18F3N7/c1-3-25-10-12(8-21-25)13-7-14(16(17,18)19)24-15(23-13)22-11(2)9-26-6-4-5-20-26/h4-8,10-11H,3,9H2,1-2H3,(H,22,23,24). The maximum Gasteiger partial charge on any atom is 0.433 e. The summed E-state index contributed by atoms with van der Waals surface area (Å²) in [5.74, 6) is -0.0845. The summed E-state index contributed by atoms with van der Waals surface area (Å²) in [5.41, 5.74) is -0.330. The molecule has 1 unspecified atom stereocenters. The predicted octanol–water partition coefficient (Wildman–Crippen LogP) is 3.08. The maximum atomic E-state index is 13.2. The molecule has 0 saturated heterocycles. The van der Waals surface area contributed by atoms with E-state index in [0.717, 1.165) is 6.07 Å². The smallest absolute Gasteiger partial charge is 0.350 e. The Hall–Kier alpha value is -2.91. The summed E-state index contributed by atoms with van der Waals surface area (Å²) in [5, 5.41) is 11.1. The van der Waals surface area contributed by atoms with Crippen molar-refractivity contribution in [1.29, 1.82) is 0 Å². The van der Waals surface area contributed by atoms with Crippen LogP contribution in [0.25, 0.3) is 11.3 Å². The first-order valence-corrected chi connectivity index (χ1v) is 8.08. The summed E-state index contributed by atoms with van der Waals surface area (Å²) in [6, 6.07) is 2.49. The zero-order valence-corrected chi connectivity index (χ0v) is 14.3. The van der Waals surface area contributed by atoms with Crippen LogP contribution in [0.1, 0.15) is 19.5 Å². The van der Waals surface area contributed by atoms with Crippen LogP contribution < -0.4 is 5.32 Å². The van der Waals surface area contributed by atoms with Gasteiger partial charge in [-0.15, -0.1) is 0 Å². The van der Waals surface area contributed by atoms with Crippen LogP contribution >= 0.6 is 0 Å². The van der Waals surface area contributed by atoms with Gasteiger partial charge in [-0.1, -0.05) is 0 Å². The number of anilines is 1. The average Bonchev–Trinajstić information content (AvgIpc) is 3.24. The normalized spacial score (nSPS) is 13.0. The molecule has 0 aliphatic carbocycles. The Morgan fingerprint density at radius 1 is 1.19 bits per heavy atom. The van der Waals surface area contributed by atoms with Gasteiger partial charge in [-0.05, 0) is 26.0 Å². The van der Waals surface area contributed by atoms with Crippen molar-refractivity contribution in [1.82, 2.24) is 29.5 Å². The first-order chi connectivity index (χ1) is 12.3. The average molecular weight is 365 g/mol. The molecule has 3 aromatic heterocycles. The molecule has 0 amide bonds. The molecule has 26 heavy (non-hydrogen) atoms. The van der Waals surface area contributed by atoms with Crippen molar-refractivity contribution >= 4 is 5.95 Å². The predicted molar refractivity (Wildman–Crippen MR) is 89.2 cm³/mol. The molecule has 0 bridgehead atoms. The Bertz CT molecular complexity index is 855. The van der Waals surface area contributed by atoms with Crippen LogP contribution in [0, 0.1) is 0 Å². The molecule has 0 aromatic carbocycles. The largest absolute Gasteiger partial charge is 0.433 e. The summed E-state index contributed by atoms with van der Waals surface area (Å²) < 4.78 is 43.0. The molecular formula is C16H18F3N7. The number of rotatable bonds is 6. The molecule has 10 heteroatoms. The third kappa shape index (κ3) is 4.19. The second kappa shape index (κ2) is 7.14. The number of nitrogens with zero attached hydrogens (tertiary/aromatic N) is 6. The Morgan fingerprint density at radius 2 is 2.00 bits per heavy atom. The Morgan fingerprint density at radius 3 is 2.62 bits per heavy atom. The van der Waals surface area contributed by atoms with Crippen molar-refractivity contribution in [2.75, 3.05) is 5.32 Å². The lowest BCUT2D eigenvalue weighted by molar-refractivity contribution is -0.141. The molecular weight excluding hydrogens is 347 g/mol. The first-order valence-electron chi connectivity index (χ1n) is 8.08. The number of nitrogens with one attached hydrogen (secondary N) is 1. The number of aryl methyl sites for hydroxylation is 1. The van der Waals surface area contributed by atoms with Crippen LogP contribution in [0.5, 0.6) is 0 Å². The van der Waals surface area contributed by atoms with E-state index in [9.17, 15) is 13.2 Å². The number of hydrogen-bond donors (Lipinski definition) is 1. The highest BCUT2D eigenvalue weighted by Crippen LogP contribution is 2.31. The van der Waals surface area contributed by atoms with Gasteiger partial charge in [0.2, 0.25) is 5.95 Å². The van der Waals surface area contributed by atoms with Crippen LogP contribution in [0.4, 0.5) is 19.1 Å². The fourth-order valence-corrected chi connectivity index (χ4v) is 2.43. The van der Waals surface area contributed by atoms with Crippen molar-refractivity contribution in [3.05, 3.63) is 42.6 Å². The van der Waals surface area contributed by atoms with Crippen molar-refractivity contribution in [3.63, 3.8) is 0 Å². The fraction of sp³-hybridized carbons (Fsp3) is 0.375. The molecule has 3 aromatic rings. The molecule has 1 atom stereocenters. The third-order valence-electron chi connectivity index (χ3n) is 3.67. The van der Waals surface area contributed by atoms with Gasteiger partial charge < -0.3 is 5.32 Å². The Balaban J connectivity index is 1.89. The van der Waals surface area contributed by atoms with Crippen molar-refractivity contribution < 1.29 is 13.2 Å². The van der Waals surface area contributed by atoms with E-state index in [1.54, 1.807) is 34.0 Å². The highest BCUT2D eigenvalue weighted by Gasteiger charge is 2.34. The van der Waals surface area contributed by atoms with E-state index >= 15 is 0 Å². The summed E-state index contributed by atoms with van der Waals surface area (Å²) >= 11 is 0. The summed E-state index contributed by atoms with van der Waals surface area (Å²) in [4.78, 5) is 7.85. The van der Waals surface area contributed by atoms with Gasteiger partial charge in [-0.3, -0.25) is 9.36 Å². The van der Waals surface area contributed by atoms with E-state index in [1.165, 1.54) is 6.20 Å². The van der Waals surface area contributed by atoms with E-state index in [2.05, 4.69) is 25.5 Å². The van der Waals surface area contributed by atoms with E-state index in [0.29, 0.717) is 18.7 Å². The van der Waals surface area contributed by atoms with Crippen LogP contribution in [0.3, 0.4) is 0 Å². The van der Waals surface area contributed by atoms with Gasteiger partial charge in [0.1, 0.15) is 0 Å². The van der Waals surface area contributed by atoms with Crippen molar-refractivity contribution in [2.45, 2.75) is 39.2 Å². The zero-order valence-electron chi connectivity index (χ0n) is 14.3. The van der Waals surface area contributed by atoms with Gasteiger partial charge in [0.15, 0.2) is 5.69 Å². The summed E-state index contributed by atoms with van der Waals surface area (Å²) in [6.07, 6.45) is 1.98. The van der Waals surface area contributed by atoms with Crippen LogP contribution in [-0.2, 0) is 19.3 Å². The number of hydrogen-bond acceptors (Lipinski definition) is 5. The minimum atomic E-state index is -4.57. The maximum absolute atomic E-state index is 13.2. The minimum Gasteiger partial charge on any atom is -0.350 e. The second-order valence-electron chi connectivity index (χ2n) is 5.82. The zero-order chi connectivity index (χ0) is 18.7. The molecule has 0 aliphatic heterocycles. The molecule has 138 valence electrons. The lowest BCUT2D eigenvalue weighted by atomic mass is 10.2. The molecule has 3 rings (SSSR count). The van der Waals surface area contributed by atoms with Crippen molar-refractivity contribution in [3.8, 4) is 11.3 Å². The van der Waals surface area contributed by atoms with E-state index < -0.39 is 11.9 Å². The van der Waals surface area contributed by atoms with Crippen LogP contribution in [0.15, 0.2) is 36.9 Å². The van der Waals surface area contributed by atoms with Crippen LogP contribution in [0.2, 0.25) is 0 Å². The lowest BCUT2D eigenvalue weighted by Gasteiger charge is -2.16. The number of alkyl halides is 3. The Kier molecular flexibility index (Phi) is 4.92. The molecule has 0 fully saturated rings.